The minimum atomic E-state index is -3.17. The van der Waals surface area contributed by atoms with Gasteiger partial charge < -0.3 is 5.32 Å². The van der Waals surface area contributed by atoms with Gasteiger partial charge in [-0.25, -0.2) is 12.7 Å². The highest BCUT2D eigenvalue weighted by molar-refractivity contribution is 7.89. The van der Waals surface area contributed by atoms with Crippen molar-refractivity contribution in [3.63, 3.8) is 0 Å². The molecule has 25 heavy (non-hydrogen) atoms. The molecule has 1 amide bonds. The van der Waals surface area contributed by atoms with E-state index in [2.05, 4.69) is 5.32 Å². The van der Waals surface area contributed by atoms with Gasteiger partial charge >= 0.3 is 0 Å². The van der Waals surface area contributed by atoms with Crippen molar-refractivity contribution in [1.29, 1.82) is 0 Å². The van der Waals surface area contributed by atoms with E-state index in [1.807, 2.05) is 18.2 Å². The summed E-state index contributed by atoms with van der Waals surface area (Å²) < 4.78 is 27.0. The molecule has 0 radical (unpaired) electrons. The van der Waals surface area contributed by atoms with E-state index >= 15 is 0 Å². The lowest BCUT2D eigenvalue weighted by atomic mass is 9.99. The lowest BCUT2D eigenvalue weighted by Crippen LogP contribution is -2.45. The highest BCUT2D eigenvalue weighted by Crippen LogP contribution is 2.28. The Morgan fingerprint density at radius 2 is 1.72 bits per heavy atom. The van der Waals surface area contributed by atoms with E-state index < -0.39 is 10.0 Å². The zero-order chi connectivity index (χ0) is 17.7. The van der Waals surface area contributed by atoms with Crippen LogP contribution in [0.4, 0.5) is 0 Å². The monoisotopic (exact) mass is 364 g/mol. The van der Waals surface area contributed by atoms with Crippen LogP contribution in [0.1, 0.15) is 48.9 Å². The molecule has 1 aliphatic heterocycles. The predicted octanol–water partition coefficient (Wildman–Crippen LogP) is 2.65. The van der Waals surface area contributed by atoms with Crippen LogP contribution in [-0.4, -0.2) is 44.0 Å². The number of hydrogen-bond acceptors (Lipinski definition) is 3. The quantitative estimate of drug-likeness (QED) is 0.844. The summed E-state index contributed by atoms with van der Waals surface area (Å²) in [5, 5.41) is 2.95. The van der Waals surface area contributed by atoms with Gasteiger partial charge in [0.15, 0.2) is 0 Å². The number of hydrogen-bond donors (Lipinski definition) is 1. The summed E-state index contributed by atoms with van der Waals surface area (Å²) in [6.07, 6.45) is 6.25. The molecule has 2 aliphatic rings. The molecule has 2 fully saturated rings. The SMILES string of the molecule is O=C(NCC1CCCN(S(=O)(=O)CC2CCCC2)C1)c1ccccc1. The van der Waals surface area contributed by atoms with Crippen LogP contribution in [0.5, 0.6) is 0 Å². The van der Waals surface area contributed by atoms with Gasteiger partial charge in [0.2, 0.25) is 10.0 Å². The van der Waals surface area contributed by atoms with Gasteiger partial charge in [-0.3, -0.25) is 4.79 Å². The number of sulfonamides is 1. The van der Waals surface area contributed by atoms with Crippen LogP contribution >= 0.6 is 0 Å². The summed E-state index contributed by atoms with van der Waals surface area (Å²) >= 11 is 0. The van der Waals surface area contributed by atoms with E-state index in [0.717, 1.165) is 38.5 Å². The molecule has 0 spiro atoms. The van der Waals surface area contributed by atoms with Crippen molar-refractivity contribution < 1.29 is 13.2 Å². The maximum absolute atomic E-state index is 12.7. The average Bonchev–Trinajstić information content (AvgIpc) is 3.13. The topological polar surface area (TPSA) is 66.5 Å². The molecule has 1 saturated carbocycles. The Kier molecular flexibility index (Phi) is 6.12. The maximum Gasteiger partial charge on any atom is 0.251 e. The molecular weight excluding hydrogens is 336 g/mol. The minimum Gasteiger partial charge on any atom is -0.352 e. The van der Waals surface area contributed by atoms with E-state index in [-0.39, 0.29) is 11.8 Å². The summed E-state index contributed by atoms with van der Waals surface area (Å²) in [5.41, 5.74) is 0.643. The lowest BCUT2D eigenvalue weighted by Gasteiger charge is -2.32. The Morgan fingerprint density at radius 1 is 1.04 bits per heavy atom. The minimum absolute atomic E-state index is 0.0912. The normalized spacial score (nSPS) is 22.8. The van der Waals surface area contributed by atoms with Crippen molar-refractivity contribution in [1.82, 2.24) is 9.62 Å². The van der Waals surface area contributed by atoms with Crippen molar-refractivity contribution in [3.05, 3.63) is 35.9 Å². The van der Waals surface area contributed by atoms with Crippen LogP contribution in [0.3, 0.4) is 0 Å². The van der Waals surface area contributed by atoms with Crippen molar-refractivity contribution in [2.24, 2.45) is 11.8 Å². The van der Waals surface area contributed by atoms with Gasteiger partial charge in [-0.1, -0.05) is 31.0 Å². The van der Waals surface area contributed by atoms with E-state index in [0.29, 0.717) is 36.9 Å². The van der Waals surface area contributed by atoms with Gasteiger partial charge in [0, 0.05) is 25.2 Å². The van der Waals surface area contributed by atoms with Gasteiger partial charge in [0.05, 0.1) is 5.75 Å². The number of nitrogens with one attached hydrogen (secondary N) is 1. The first-order valence-electron chi connectivity index (χ1n) is 9.35. The molecule has 0 bridgehead atoms. The fourth-order valence-electron chi connectivity index (χ4n) is 3.96. The first kappa shape index (κ1) is 18.4. The fraction of sp³-hybridized carbons (Fsp3) is 0.632. The van der Waals surface area contributed by atoms with Gasteiger partial charge in [-0.2, -0.15) is 0 Å². The molecule has 1 aliphatic carbocycles. The molecule has 0 aromatic heterocycles. The molecule has 1 N–H and O–H groups in total. The van der Waals surface area contributed by atoms with E-state index in [4.69, 9.17) is 0 Å². The van der Waals surface area contributed by atoms with Gasteiger partial charge in [0.1, 0.15) is 0 Å². The highest BCUT2D eigenvalue weighted by atomic mass is 32.2. The van der Waals surface area contributed by atoms with Gasteiger partial charge in [-0.15, -0.1) is 0 Å². The molecule has 1 atom stereocenters. The van der Waals surface area contributed by atoms with Crippen molar-refractivity contribution >= 4 is 15.9 Å². The van der Waals surface area contributed by atoms with Crippen LogP contribution in [0.15, 0.2) is 30.3 Å². The number of piperidine rings is 1. The maximum atomic E-state index is 12.7. The van der Waals surface area contributed by atoms with Gasteiger partial charge in [-0.05, 0) is 49.7 Å². The van der Waals surface area contributed by atoms with Crippen molar-refractivity contribution in [2.45, 2.75) is 38.5 Å². The zero-order valence-electron chi connectivity index (χ0n) is 14.7. The summed E-state index contributed by atoms with van der Waals surface area (Å²) in [7, 11) is -3.17. The molecule has 3 rings (SSSR count). The second-order valence-electron chi connectivity index (χ2n) is 7.37. The molecule has 1 saturated heterocycles. The summed E-state index contributed by atoms with van der Waals surface area (Å²) in [6, 6.07) is 9.13. The highest BCUT2D eigenvalue weighted by Gasteiger charge is 2.31. The third-order valence-electron chi connectivity index (χ3n) is 5.38. The molecule has 1 unspecified atom stereocenters. The first-order chi connectivity index (χ1) is 12.0. The van der Waals surface area contributed by atoms with Crippen LogP contribution in [0, 0.1) is 11.8 Å². The summed E-state index contributed by atoms with van der Waals surface area (Å²) in [6.45, 7) is 1.69. The zero-order valence-corrected chi connectivity index (χ0v) is 15.5. The van der Waals surface area contributed by atoms with E-state index in [9.17, 15) is 13.2 Å². The van der Waals surface area contributed by atoms with Crippen LogP contribution < -0.4 is 5.32 Å². The number of carbonyl (C=O) groups is 1. The molecule has 138 valence electrons. The largest absolute Gasteiger partial charge is 0.352 e. The van der Waals surface area contributed by atoms with Gasteiger partial charge in [0.25, 0.3) is 5.91 Å². The average molecular weight is 365 g/mol. The number of nitrogens with zero attached hydrogens (tertiary/aromatic N) is 1. The first-order valence-corrected chi connectivity index (χ1v) is 11.0. The van der Waals surface area contributed by atoms with Crippen LogP contribution in [-0.2, 0) is 10.0 Å². The third kappa shape index (κ3) is 5.05. The molecule has 1 aromatic rings. The Labute approximate surface area is 150 Å². The number of benzene rings is 1. The lowest BCUT2D eigenvalue weighted by molar-refractivity contribution is 0.0941. The van der Waals surface area contributed by atoms with E-state index in [1.54, 1.807) is 16.4 Å². The molecule has 1 heterocycles. The smallest absolute Gasteiger partial charge is 0.251 e. The molecule has 6 heteroatoms. The summed E-state index contributed by atoms with van der Waals surface area (Å²) in [4.78, 5) is 12.2. The van der Waals surface area contributed by atoms with Crippen molar-refractivity contribution in [2.75, 3.05) is 25.4 Å². The number of amides is 1. The standard InChI is InChI=1S/C19H28N2O3S/c22-19(18-10-2-1-3-11-18)20-13-17-9-6-12-21(14-17)25(23,24)15-16-7-4-5-8-16/h1-3,10-11,16-17H,4-9,12-15H2,(H,20,22). The Morgan fingerprint density at radius 3 is 2.44 bits per heavy atom. The Balaban J connectivity index is 1.51. The Bertz CT molecular complexity index is 669. The van der Waals surface area contributed by atoms with E-state index in [1.165, 1.54) is 0 Å². The second kappa shape index (κ2) is 8.32. The fourth-order valence-corrected chi connectivity index (χ4v) is 5.94. The molecule has 5 nitrogen and oxygen atoms in total. The van der Waals surface area contributed by atoms with Crippen LogP contribution in [0.25, 0.3) is 0 Å². The van der Waals surface area contributed by atoms with Crippen LogP contribution in [0.2, 0.25) is 0 Å². The molecule has 1 aromatic carbocycles. The predicted molar refractivity (Wildman–Crippen MR) is 98.8 cm³/mol. The number of carbonyl (C=O) groups excluding carboxylic acids is 1. The number of rotatable bonds is 6. The molecular formula is C19H28N2O3S. The third-order valence-corrected chi connectivity index (χ3v) is 7.39. The Hall–Kier alpha value is -1.40. The summed E-state index contributed by atoms with van der Waals surface area (Å²) in [5.74, 6) is 0.741. The van der Waals surface area contributed by atoms with Crippen molar-refractivity contribution in [3.8, 4) is 0 Å². The second-order valence-corrected chi connectivity index (χ2v) is 9.38.